The van der Waals surface area contributed by atoms with Gasteiger partial charge >= 0.3 is 0 Å². The topological polar surface area (TPSA) is 113 Å². The number of nitrogens with one attached hydrogen (secondary N) is 3. The molecule has 0 spiro atoms. The first-order valence-corrected chi connectivity index (χ1v) is 17.2. The monoisotopic (exact) mass is 734 g/mol. The molecule has 0 bridgehead atoms. The van der Waals surface area contributed by atoms with E-state index in [4.69, 9.17) is 4.42 Å². The highest BCUT2D eigenvalue weighted by Crippen LogP contribution is 2.37. The van der Waals surface area contributed by atoms with E-state index in [1.165, 1.54) is 35.4 Å². The van der Waals surface area contributed by atoms with E-state index in [9.17, 15) is 14.4 Å². The Kier molecular flexibility index (Phi) is 10.6. The van der Waals surface area contributed by atoms with Gasteiger partial charge in [0.25, 0.3) is 11.8 Å². The van der Waals surface area contributed by atoms with Gasteiger partial charge in [-0.1, -0.05) is 76.6 Å². The van der Waals surface area contributed by atoms with Crippen molar-refractivity contribution in [2.75, 3.05) is 10.6 Å². The summed E-state index contributed by atoms with van der Waals surface area (Å²) in [5, 5.41) is 10.4. The van der Waals surface area contributed by atoms with Crippen molar-refractivity contribution in [1.82, 2.24) is 10.3 Å². The Hall–Kier alpha value is -5.23. The number of carbonyl (C=O) groups excluding carboxylic acids is 3. The number of anilines is 2. The molecule has 11 heteroatoms. The van der Waals surface area contributed by atoms with Gasteiger partial charge < -0.3 is 20.4 Å². The molecule has 0 aliphatic rings. The van der Waals surface area contributed by atoms with Gasteiger partial charge in [-0.15, -0.1) is 23.1 Å². The lowest BCUT2D eigenvalue weighted by Crippen LogP contribution is -2.30. The van der Waals surface area contributed by atoms with E-state index in [0.29, 0.717) is 22.1 Å². The van der Waals surface area contributed by atoms with Crippen LogP contribution in [0.25, 0.3) is 17.3 Å². The third-order valence-electron chi connectivity index (χ3n) is 6.94. The molecule has 0 saturated carbocycles. The molecule has 4 aromatic carbocycles. The van der Waals surface area contributed by atoms with E-state index >= 15 is 0 Å². The lowest BCUT2D eigenvalue weighted by Gasteiger charge is -2.16. The zero-order valence-corrected chi connectivity index (χ0v) is 28.4. The number of halogens is 1. The number of rotatable bonds is 11. The molecule has 0 fully saturated rings. The molecule has 3 amide bonds. The number of carbonyl (C=O) groups is 3. The molecular weight excluding hydrogens is 708 g/mol. The third kappa shape index (κ3) is 8.56. The maximum atomic E-state index is 13.6. The van der Waals surface area contributed by atoms with E-state index in [2.05, 4.69) is 36.9 Å². The molecule has 6 aromatic rings. The van der Waals surface area contributed by atoms with Gasteiger partial charge in [0.2, 0.25) is 5.91 Å². The van der Waals surface area contributed by atoms with E-state index in [0.717, 1.165) is 26.2 Å². The highest BCUT2D eigenvalue weighted by atomic mass is 79.9. The molecule has 2 aromatic heterocycles. The van der Waals surface area contributed by atoms with Crippen LogP contribution in [0.5, 0.6) is 0 Å². The predicted octanol–water partition coefficient (Wildman–Crippen LogP) is 9.05. The molecule has 0 aliphatic heterocycles. The Bertz CT molecular complexity index is 2030. The van der Waals surface area contributed by atoms with Crippen molar-refractivity contribution in [3.05, 3.63) is 160 Å². The quantitative estimate of drug-likeness (QED) is 0.0905. The minimum Gasteiger partial charge on any atom is -0.465 e. The second-order valence-corrected chi connectivity index (χ2v) is 13.3. The molecule has 2 heterocycles. The average Bonchev–Trinajstić information content (AvgIpc) is 3.81. The number of thiazole rings is 1. The number of benzene rings is 4. The maximum Gasteiger partial charge on any atom is 0.272 e. The highest BCUT2D eigenvalue weighted by Gasteiger charge is 2.24. The standard InChI is InChI=1S/C37H27BrN4O4S2/c38-27-15-13-24(14-16-27)32-23-47-37(41-32)42-36(45)33(25-8-3-1-4-9-25)48-30-19-17-28(18-20-30)39-35(44)31(22-29-12-7-21-46-29)40-34(43)26-10-5-2-6-11-26/h1-23,33H,(H,39,44)(H,40,43)(H,41,42,45)/b31-22-. The predicted molar refractivity (Wildman–Crippen MR) is 195 cm³/mol. The zero-order valence-electron chi connectivity index (χ0n) is 25.1. The van der Waals surface area contributed by atoms with Crippen LogP contribution < -0.4 is 16.0 Å². The first-order valence-electron chi connectivity index (χ1n) is 14.7. The van der Waals surface area contributed by atoms with Crippen molar-refractivity contribution in [3.63, 3.8) is 0 Å². The van der Waals surface area contributed by atoms with Crippen LogP contribution in [0.1, 0.15) is 26.9 Å². The molecule has 1 unspecified atom stereocenters. The molecule has 8 nitrogen and oxygen atoms in total. The number of hydrogen-bond donors (Lipinski definition) is 3. The third-order valence-corrected chi connectivity index (χ3v) is 9.49. The summed E-state index contributed by atoms with van der Waals surface area (Å²) in [6.45, 7) is 0. The summed E-state index contributed by atoms with van der Waals surface area (Å²) in [5.74, 6) is -0.749. The van der Waals surface area contributed by atoms with Gasteiger partial charge in [0.1, 0.15) is 16.7 Å². The number of furan rings is 1. The van der Waals surface area contributed by atoms with Crippen LogP contribution in [0.3, 0.4) is 0 Å². The van der Waals surface area contributed by atoms with Crippen molar-refractivity contribution in [1.29, 1.82) is 0 Å². The Labute approximate surface area is 293 Å². The molecule has 238 valence electrons. The van der Waals surface area contributed by atoms with E-state index in [-0.39, 0.29) is 11.6 Å². The van der Waals surface area contributed by atoms with E-state index < -0.39 is 17.1 Å². The molecular formula is C37H27BrN4O4S2. The Morgan fingerprint density at radius 1 is 0.812 bits per heavy atom. The fourth-order valence-corrected chi connectivity index (χ4v) is 6.58. The van der Waals surface area contributed by atoms with Crippen molar-refractivity contribution in [3.8, 4) is 11.3 Å². The fourth-order valence-electron chi connectivity index (χ4n) is 4.57. The molecule has 6 rings (SSSR count). The smallest absolute Gasteiger partial charge is 0.272 e. The van der Waals surface area contributed by atoms with Gasteiger partial charge in [0, 0.05) is 37.6 Å². The largest absolute Gasteiger partial charge is 0.465 e. The van der Waals surface area contributed by atoms with E-state index in [1.807, 2.05) is 72.1 Å². The summed E-state index contributed by atoms with van der Waals surface area (Å²) < 4.78 is 6.35. The lowest BCUT2D eigenvalue weighted by atomic mass is 10.1. The van der Waals surface area contributed by atoms with Crippen LogP contribution in [0.4, 0.5) is 10.8 Å². The molecule has 1 atom stereocenters. The van der Waals surface area contributed by atoms with Crippen molar-refractivity contribution >= 4 is 73.6 Å². The summed E-state index contributed by atoms with van der Waals surface area (Å²) in [5.41, 5.74) is 3.51. The normalized spacial score (nSPS) is 11.8. The Morgan fingerprint density at radius 3 is 2.21 bits per heavy atom. The van der Waals surface area contributed by atoms with Crippen molar-refractivity contribution in [2.24, 2.45) is 0 Å². The molecule has 3 N–H and O–H groups in total. The van der Waals surface area contributed by atoms with Gasteiger partial charge in [-0.25, -0.2) is 4.98 Å². The summed E-state index contributed by atoms with van der Waals surface area (Å²) in [4.78, 5) is 45.3. The first-order chi connectivity index (χ1) is 23.4. The Balaban J connectivity index is 1.15. The highest BCUT2D eigenvalue weighted by molar-refractivity contribution is 9.10. The Morgan fingerprint density at radius 2 is 1.52 bits per heavy atom. The van der Waals surface area contributed by atoms with Crippen LogP contribution in [0, 0.1) is 0 Å². The molecule has 48 heavy (non-hydrogen) atoms. The second-order valence-electron chi connectivity index (χ2n) is 10.3. The van der Waals surface area contributed by atoms with Crippen molar-refractivity contribution < 1.29 is 18.8 Å². The lowest BCUT2D eigenvalue weighted by molar-refractivity contribution is -0.116. The minimum atomic E-state index is -0.567. The van der Waals surface area contributed by atoms with Gasteiger partial charge in [-0.05, 0) is 66.2 Å². The van der Waals surface area contributed by atoms with Crippen LogP contribution in [-0.4, -0.2) is 22.7 Å². The number of nitrogens with zero attached hydrogens (tertiary/aromatic N) is 1. The number of hydrogen-bond acceptors (Lipinski definition) is 7. The minimum absolute atomic E-state index is 0.0172. The van der Waals surface area contributed by atoms with Crippen LogP contribution in [-0.2, 0) is 9.59 Å². The van der Waals surface area contributed by atoms with Crippen LogP contribution in [0.15, 0.2) is 152 Å². The van der Waals surface area contributed by atoms with Gasteiger partial charge in [-0.2, -0.15) is 0 Å². The van der Waals surface area contributed by atoms with Gasteiger partial charge in [0.05, 0.1) is 12.0 Å². The maximum absolute atomic E-state index is 13.6. The van der Waals surface area contributed by atoms with Crippen molar-refractivity contribution in [2.45, 2.75) is 10.1 Å². The van der Waals surface area contributed by atoms with Gasteiger partial charge in [0.15, 0.2) is 5.13 Å². The number of amides is 3. The van der Waals surface area contributed by atoms with Crippen LogP contribution in [0.2, 0.25) is 0 Å². The SMILES string of the molecule is O=C(Nc1ccc(SC(C(=O)Nc2nc(-c3ccc(Br)cc3)cs2)c2ccccc2)cc1)/C(=C/c1ccco1)NC(=O)c1ccccc1. The summed E-state index contributed by atoms with van der Waals surface area (Å²) in [7, 11) is 0. The number of thioether (sulfide) groups is 1. The van der Waals surface area contributed by atoms with Crippen LogP contribution >= 0.6 is 39.0 Å². The summed E-state index contributed by atoms with van der Waals surface area (Å²) in [6, 6.07) is 36.5. The average molecular weight is 736 g/mol. The van der Waals surface area contributed by atoms with E-state index in [1.54, 1.807) is 54.6 Å². The zero-order chi connectivity index (χ0) is 33.3. The molecule has 0 saturated heterocycles. The summed E-state index contributed by atoms with van der Waals surface area (Å²) >= 11 is 6.20. The van der Waals surface area contributed by atoms with Gasteiger partial charge in [-0.3, -0.25) is 14.4 Å². The summed E-state index contributed by atoms with van der Waals surface area (Å²) in [6.07, 6.45) is 2.95. The number of aromatic nitrogens is 1. The fraction of sp³-hybridized carbons (Fsp3) is 0.0270. The first kappa shape index (κ1) is 32.7. The molecule has 0 aliphatic carbocycles. The molecule has 0 radical (unpaired) electrons. The second kappa shape index (κ2) is 15.6.